The highest BCUT2D eigenvalue weighted by atomic mass is 19.1. The van der Waals surface area contributed by atoms with Gasteiger partial charge in [-0.25, -0.2) is 14.4 Å². The van der Waals surface area contributed by atoms with Crippen molar-refractivity contribution in [3.63, 3.8) is 0 Å². The normalized spacial score (nSPS) is 11.4. The third-order valence-electron chi connectivity index (χ3n) is 4.24. The molecule has 0 radical (unpaired) electrons. The van der Waals surface area contributed by atoms with Gasteiger partial charge < -0.3 is 4.98 Å². The van der Waals surface area contributed by atoms with E-state index in [1.165, 1.54) is 12.1 Å². The second kappa shape index (κ2) is 5.24. The largest absolute Gasteiger partial charge is 0.345 e. The molecule has 0 aliphatic rings. The molecule has 0 fully saturated rings. The van der Waals surface area contributed by atoms with Gasteiger partial charge in [-0.05, 0) is 36.4 Å². The monoisotopic (exact) mass is 329 g/mol. The third kappa shape index (κ3) is 2.19. The molecule has 120 valence electrons. The van der Waals surface area contributed by atoms with Gasteiger partial charge in [0.05, 0.1) is 34.9 Å². The lowest BCUT2D eigenvalue weighted by atomic mass is 10.0. The number of hydrogen-bond acceptors (Lipinski definition) is 3. The highest BCUT2D eigenvalue weighted by molar-refractivity contribution is 5.87. The Bertz CT molecular complexity index is 1200. The van der Waals surface area contributed by atoms with Gasteiger partial charge in [0, 0.05) is 23.5 Å². The summed E-state index contributed by atoms with van der Waals surface area (Å²) in [6.07, 6.45) is 6.99. The van der Waals surface area contributed by atoms with E-state index in [9.17, 15) is 4.39 Å². The first-order chi connectivity index (χ1) is 12.3. The number of aromatic amines is 1. The summed E-state index contributed by atoms with van der Waals surface area (Å²) in [7, 11) is 0. The topological polar surface area (TPSA) is 58.9 Å². The Morgan fingerprint density at radius 2 is 1.84 bits per heavy atom. The molecule has 0 spiro atoms. The first kappa shape index (κ1) is 13.9. The number of halogens is 1. The van der Waals surface area contributed by atoms with Crippen LogP contribution in [0.15, 0.2) is 67.4 Å². The molecule has 1 N–H and O–H groups in total. The summed E-state index contributed by atoms with van der Waals surface area (Å²) in [5, 5.41) is 0. The first-order valence-corrected chi connectivity index (χ1v) is 7.81. The Morgan fingerprint density at radius 3 is 2.72 bits per heavy atom. The molecule has 25 heavy (non-hydrogen) atoms. The molecule has 0 saturated heterocycles. The minimum Gasteiger partial charge on any atom is -0.345 e. The molecule has 5 nitrogen and oxygen atoms in total. The highest BCUT2D eigenvalue weighted by Crippen LogP contribution is 2.33. The molecular weight excluding hydrogens is 317 g/mol. The summed E-state index contributed by atoms with van der Waals surface area (Å²) in [5.74, 6) is -0.269. The van der Waals surface area contributed by atoms with Gasteiger partial charge >= 0.3 is 0 Å². The van der Waals surface area contributed by atoms with E-state index in [0.717, 1.165) is 39.2 Å². The number of H-pyrrole nitrogens is 1. The summed E-state index contributed by atoms with van der Waals surface area (Å²) in [4.78, 5) is 16.3. The molecule has 6 heteroatoms. The zero-order valence-corrected chi connectivity index (χ0v) is 13.0. The minimum absolute atomic E-state index is 0.269. The van der Waals surface area contributed by atoms with Crippen LogP contribution in [0.3, 0.4) is 0 Å². The molecule has 0 unspecified atom stereocenters. The number of hydrogen-bond donors (Lipinski definition) is 1. The van der Waals surface area contributed by atoms with Crippen molar-refractivity contribution >= 4 is 16.7 Å². The van der Waals surface area contributed by atoms with E-state index in [0.29, 0.717) is 0 Å². The average Bonchev–Trinajstić information content (AvgIpc) is 3.26. The predicted octanol–water partition coefficient (Wildman–Crippen LogP) is 4.08. The number of nitrogens with zero attached hydrogens (tertiary/aromatic N) is 4. The van der Waals surface area contributed by atoms with Crippen LogP contribution in [-0.2, 0) is 0 Å². The molecule has 0 atom stereocenters. The Morgan fingerprint density at radius 1 is 1.00 bits per heavy atom. The summed E-state index contributed by atoms with van der Waals surface area (Å²) in [6.45, 7) is 0. The van der Waals surface area contributed by atoms with E-state index in [2.05, 4.69) is 15.0 Å². The smallest absolute Gasteiger partial charge is 0.156 e. The summed E-state index contributed by atoms with van der Waals surface area (Å²) in [5.41, 5.74) is 6.16. The third-order valence-corrected chi connectivity index (χ3v) is 4.24. The van der Waals surface area contributed by atoms with Crippen molar-refractivity contribution < 1.29 is 4.39 Å². The van der Waals surface area contributed by atoms with E-state index >= 15 is 0 Å². The molecule has 0 bridgehead atoms. The van der Waals surface area contributed by atoms with Crippen molar-refractivity contribution in [2.45, 2.75) is 0 Å². The molecule has 0 amide bonds. The second-order valence-electron chi connectivity index (χ2n) is 5.75. The van der Waals surface area contributed by atoms with Crippen LogP contribution in [0, 0.1) is 5.82 Å². The maximum atomic E-state index is 13.3. The highest BCUT2D eigenvalue weighted by Gasteiger charge is 2.16. The van der Waals surface area contributed by atoms with Gasteiger partial charge in [-0.3, -0.25) is 9.38 Å². The summed E-state index contributed by atoms with van der Waals surface area (Å²) < 4.78 is 15.3. The number of nitrogens with one attached hydrogen (secondary N) is 1. The van der Waals surface area contributed by atoms with Gasteiger partial charge in [-0.15, -0.1) is 0 Å². The molecular formula is C19H12FN5. The minimum atomic E-state index is -0.269. The van der Waals surface area contributed by atoms with Crippen LogP contribution in [0.5, 0.6) is 0 Å². The van der Waals surface area contributed by atoms with E-state index in [1.54, 1.807) is 30.9 Å². The van der Waals surface area contributed by atoms with Crippen LogP contribution in [0.1, 0.15) is 0 Å². The van der Waals surface area contributed by atoms with Crippen molar-refractivity contribution in [3.05, 3.63) is 73.2 Å². The molecule has 3 heterocycles. The number of aromatic nitrogens is 5. The van der Waals surface area contributed by atoms with Crippen LogP contribution < -0.4 is 0 Å². The first-order valence-electron chi connectivity index (χ1n) is 7.81. The Balaban J connectivity index is 1.83. The maximum Gasteiger partial charge on any atom is 0.156 e. The quantitative estimate of drug-likeness (QED) is 0.531. The Labute approximate surface area is 141 Å². The van der Waals surface area contributed by atoms with Gasteiger partial charge in [-0.2, -0.15) is 0 Å². The fourth-order valence-corrected chi connectivity index (χ4v) is 3.07. The van der Waals surface area contributed by atoms with Crippen LogP contribution in [0.4, 0.5) is 4.39 Å². The average molecular weight is 329 g/mol. The molecule has 0 aliphatic carbocycles. The van der Waals surface area contributed by atoms with Crippen LogP contribution in [0.2, 0.25) is 0 Å². The van der Waals surface area contributed by atoms with E-state index in [1.807, 2.05) is 28.8 Å². The van der Waals surface area contributed by atoms with Crippen LogP contribution in [0.25, 0.3) is 39.2 Å². The van der Waals surface area contributed by atoms with Crippen LogP contribution >= 0.6 is 0 Å². The number of rotatable bonds is 2. The number of benzene rings is 2. The SMILES string of the molecule is Fc1ccc(-c2nc3cnccn3c2-c2ccc3nc[nH]c3c2)cc1. The maximum absolute atomic E-state index is 13.3. The van der Waals surface area contributed by atoms with Crippen LogP contribution in [-0.4, -0.2) is 24.3 Å². The lowest BCUT2D eigenvalue weighted by Gasteiger charge is -2.06. The van der Waals surface area contributed by atoms with Crippen molar-refractivity contribution in [2.75, 3.05) is 0 Å². The van der Waals surface area contributed by atoms with Gasteiger partial charge in [-0.1, -0.05) is 6.07 Å². The molecule has 5 rings (SSSR count). The van der Waals surface area contributed by atoms with Crippen molar-refractivity contribution in [1.29, 1.82) is 0 Å². The van der Waals surface area contributed by atoms with Gasteiger partial charge in [0.1, 0.15) is 5.82 Å². The van der Waals surface area contributed by atoms with Gasteiger partial charge in [0.2, 0.25) is 0 Å². The fraction of sp³-hybridized carbons (Fsp3) is 0. The predicted molar refractivity (Wildman–Crippen MR) is 93.5 cm³/mol. The Hall–Kier alpha value is -3.54. The zero-order chi connectivity index (χ0) is 16.8. The molecule has 0 saturated carbocycles. The number of imidazole rings is 2. The standard InChI is InChI=1S/C19H12FN5/c20-14-4-1-12(2-5-14)18-19(25-8-7-21-10-17(25)24-18)13-3-6-15-16(9-13)23-11-22-15/h1-11H,(H,22,23). The lowest BCUT2D eigenvalue weighted by Crippen LogP contribution is -1.90. The van der Waals surface area contributed by atoms with Crippen molar-refractivity contribution in [3.8, 4) is 22.5 Å². The summed E-state index contributed by atoms with van der Waals surface area (Å²) >= 11 is 0. The summed E-state index contributed by atoms with van der Waals surface area (Å²) in [6, 6.07) is 12.4. The zero-order valence-electron chi connectivity index (χ0n) is 13.0. The van der Waals surface area contributed by atoms with Gasteiger partial charge in [0.25, 0.3) is 0 Å². The molecule has 2 aromatic carbocycles. The number of fused-ring (bicyclic) bond motifs is 2. The Kier molecular flexibility index (Phi) is 2.90. The molecule has 5 aromatic rings. The molecule has 0 aliphatic heterocycles. The van der Waals surface area contributed by atoms with E-state index < -0.39 is 0 Å². The lowest BCUT2D eigenvalue weighted by molar-refractivity contribution is 0.628. The van der Waals surface area contributed by atoms with Crippen molar-refractivity contribution in [1.82, 2.24) is 24.3 Å². The molecule has 3 aromatic heterocycles. The fourth-order valence-electron chi connectivity index (χ4n) is 3.07. The van der Waals surface area contributed by atoms with E-state index in [-0.39, 0.29) is 5.82 Å². The second-order valence-corrected chi connectivity index (χ2v) is 5.75. The van der Waals surface area contributed by atoms with E-state index in [4.69, 9.17) is 4.98 Å². The van der Waals surface area contributed by atoms with Gasteiger partial charge in [0.15, 0.2) is 5.65 Å². The van der Waals surface area contributed by atoms with Crippen molar-refractivity contribution in [2.24, 2.45) is 0 Å².